The maximum Gasteiger partial charge on any atom is 0.222 e. The topological polar surface area (TPSA) is 55.8 Å². The monoisotopic (exact) mass is 407 g/mol. The van der Waals surface area contributed by atoms with Crippen LogP contribution in [-0.2, 0) is 11.2 Å². The first-order chi connectivity index (χ1) is 14.6. The van der Waals surface area contributed by atoms with E-state index in [9.17, 15) is 9.59 Å². The Hall–Kier alpha value is -2.82. The Kier molecular flexibility index (Phi) is 6.07. The highest BCUT2D eigenvalue weighted by molar-refractivity contribution is 6.00. The Morgan fingerprint density at radius 1 is 1.10 bits per heavy atom. The van der Waals surface area contributed by atoms with Crippen molar-refractivity contribution in [2.75, 3.05) is 19.7 Å². The molecule has 158 valence electrons. The summed E-state index contributed by atoms with van der Waals surface area (Å²) in [6.45, 7) is 3.92. The van der Waals surface area contributed by atoms with E-state index in [0.29, 0.717) is 63.1 Å². The van der Waals surface area contributed by atoms with E-state index in [0.717, 1.165) is 12.2 Å². The van der Waals surface area contributed by atoms with Gasteiger partial charge in [0.1, 0.15) is 17.1 Å². The van der Waals surface area contributed by atoms with Gasteiger partial charge in [-0.2, -0.15) is 0 Å². The molecule has 1 spiro atoms. The molecule has 5 heteroatoms. The number of rotatable bonds is 6. The van der Waals surface area contributed by atoms with E-state index < -0.39 is 5.60 Å². The predicted octanol–water partition coefficient (Wildman–Crippen LogP) is 4.43. The number of piperidine rings is 1. The molecule has 0 N–H and O–H groups in total. The van der Waals surface area contributed by atoms with Crippen molar-refractivity contribution in [3.05, 3.63) is 59.7 Å². The van der Waals surface area contributed by atoms with Crippen molar-refractivity contribution in [2.45, 2.75) is 51.0 Å². The standard InChI is InChI=1S/C25H29NO4/c1-2-19-9-11-20(12-10-19)29-17-5-8-24(28)26-15-13-25(14-16-26)18-22(27)21-6-3-4-7-23(21)30-25/h3-4,6-7,9-12H,2,5,8,13-18H2,1H3. The van der Waals surface area contributed by atoms with Gasteiger partial charge < -0.3 is 14.4 Å². The van der Waals surface area contributed by atoms with Gasteiger partial charge in [0.15, 0.2) is 5.78 Å². The van der Waals surface area contributed by atoms with Crippen molar-refractivity contribution in [1.82, 2.24) is 4.90 Å². The number of amides is 1. The van der Waals surface area contributed by atoms with E-state index in [2.05, 4.69) is 19.1 Å². The maximum absolute atomic E-state index is 12.6. The fraction of sp³-hybridized carbons (Fsp3) is 0.440. The molecule has 30 heavy (non-hydrogen) atoms. The number of fused-ring (bicyclic) bond motifs is 1. The first kappa shape index (κ1) is 20.5. The average molecular weight is 408 g/mol. The van der Waals surface area contributed by atoms with Crippen LogP contribution in [0.3, 0.4) is 0 Å². The largest absolute Gasteiger partial charge is 0.494 e. The Morgan fingerprint density at radius 2 is 1.83 bits per heavy atom. The second-order valence-corrected chi connectivity index (χ2v) is 8.21. The maximum atomic E-state index is 12.6. The third-order valence-electron chi connectivity index (χ3n) is 6.16. The zero-order valence-electron chi connectivity index (χ0n) is 17.6. The fourth-order valence-corrected chi connectivity index (χ4v) is 4.28. The number of hydrogen-bond donors (Lipinski definition) is 0. The Bertz CT molecular complexity index is 898. The third-order valence-corrected chi connectivity index (χ3v) is 6.16. The molecule has 0 radical (unpaired) electrons. The Labute approximate surface area is 178 Å². The molecule has 0 unspecified atom stereocenters. The number of carbonyl (C=O) groups is 2. The summed E-state index contributed by atoms with van der Waals surface area (Å²) in [6.07, 6.45) is 3.97. The van der Waals surface area contributed by atoms with Crippen molar-refractivity contribution in [3.8, 4) is 11.5 Å². The molecule has 4 rings (SSSR count). The zero-order valence-corrected chi connectivity index (χ0v) is 17.6. The van der Waals surface area contributed by atoms with Gasteiger partial charge in [-0.05, 0) is 42.7 Å². The average Bonchev–Trinajstić information content (AvgIpc) is 2.77. The minimum Gasteiger partial charge on any atom is -0.494 e. The summed E-state index contributed by atoms with van der Waals surface area (Å²) in [4.78, 5) is 27.0. The van der Waals surface area contributed by atoms with E-state index in [1.54, 1.807) is 0 Å². The number of hydrogen-bond acceptors (Lipinski definition) is 4. The first-order valence-electron chi connectivity index (χ1n) is 10.9. The number of likely N-dealkylation sites (tertiary alicyclic amines) is 1. The lowest BCUT2D eigenvalue weighted by molar-refractivity contribution is -0.135. The Morgan fingerprint density at radius 3 is 2.57 bits per heavy atom. The van der Waals surface area contributed by atoms with Crippen LogP contribution in [0.2, 0.25) is 0 Å². The van der Waals surface area contributed by atoms with Crippen LogP contribution >= 0.6 is 0 Å². The minimum absolute atomic E-state index is 0.140. The molecule has 1 fully saturated rings. The van der Waals surface area contributed by atoms with Gasteiger partial charge in [0.2, 0.25) is 5.91 Å². The summed E-state index contributed by atoms with van der Waals surface area (Å²) in [5, 5.41) is 0. The number of ketones is 1. The van der Waals surface area contributed by atoms with E-state index >= 15 is 0 Å². The minimum atomic E-state index is -0.462. The van der Waals surface area contributed by atoms with E-state index in [-0.39, 0.29) is 11.7 Å². The molecular weight excluding hydrogens is 378 g/mol. The summed E-state index contributed by atoms with van der Waals surface area (Å²) in [5.74, 6) is 1.81. The molecule has 0 aliphatic carbocycles. The predicted molar refractivity (Wildman–Crippen MR) is 115 cm³/mol. The lowest BCUT2D eigenvalue weighted by Crippen LogP contribution is -2.52. The fourth-order valence-electron chi connectivity index (χ4n) is 4.28. The van der Waals surface area contributed by atoms with Gasteiger partial charge in [0, 0.05) is 32.4 Å². The highest BCUT2D eigenvalue weighted by Crippen LogP contribution is 2.39. The summed E-state index contributed by atoms with van der Waals surface area (Å²) in [7, 11) is 0. The van der Waals surface area contributed by atoms with Crippen LogP contribution in [0.15, 0.2) is 48.5 Å². The van der Waals surface area contributed by atoms with Gasteiger partial charge in [0.05, 0.1) is 18.6 Å². The van der Waals surface area contributed by atoms with E-state index in [1.807, 2.05) is 41.3 Å². The van der Waals surface area contributed by atoms with E-state index in [1.165, 1.54) is 5.56 Å². The smallest absolute Gasteiger partial charge is 0.222 e. The second kappa shape index (κ2) is 8.90. The van der Waals surface area contributed by atoms with Crippen LogP contribution in [-0.4, -0.2) is 41.9 Å². The lowest BCUT2D eigenvalue weighted by Gasteiger charge is -2.44. The lowest BCUT2D eigenvalue weighted by atomic mass is 9.82. The van der Waals surface area contributed by atoms with Gasteiger partial charge in [-0.15, -0.1) is 0 Å². The molecule has 0 bridgehead atoms. The molecular formula is C25H29NO4. The molecule has 2 aromatic carbocycles. The van der Waals surface area contributed by atoms with Crippen LogP contribution in [0, 0.1) is 0 Å². The summed E-state index contributed by atoms with van der Waals surface area (Å²) >= 11 is 0. The van der Waals surface area contributed by atoms with Crippen molar-refractivity contribution in [1.29, 1.82) is 0 Å². The molecule has 0 atom stereocenters. The normalized spacial score (nSPS) is 17.4. The van der Waals surface area contributed by atoms with Crippen molar-refractivity contribution < 1.29 is 19.1 Å². The molecule has 2 aromatic rings. The number of benzene rings is 2. The first-order valence-corrected chi connectivity index (χ1v) is 10.9. The van der Waals surface area contributed by atoms with Crippen LogP contribution in [0.4, 0.5) is 0 Å². The summed E-state index contributed by atoms with van der Waals surface area (Å²) in [5.41, 5.74) is 1.49. The Balaban J connectivity index is 1.22. The van der Waals surface area contributed by atoms with Crippen molar-refractivity contribution >= 4 is 11.7 Å². The van der Waals surface area contributed by atoms with Crippen molar-refractivity contribution in [3.63, 3.8) is 0 Å². The highest BCUT2D eigenvalue weighted by Gasteiger charge is 2.43. The molecule has 2 aliphatic heterocycles. The van der Waals surface area contributed by atoms with Crippen LogP contribution < -0.4 is 9.47 Å². The molecule has 0 saturated carbocycles. The third kappa shape index (κ3) is 4.50. The zero-order chi connectivity index (χ0) is 21.0. The van der Waals surface area contributed by atoms with Gasteiger partial charge in [-0.3, -0.25) is 9.59 Å². The number of nitrogens with zero attached hydrogens (tertiary/aromatic N) is 1. The van der Waals surface area contributed by atoms with Gasteiger partial charge in [0.25, 0.3) is 0 Å². The van der Waals surface area contributed by atoms with Crippen LogP contribution in [0.5, 0.6) is 11.5 Å². The summed E-state index contributed by atoms with van der Waals surface area (Å²) < 4.78 is 12.0. The molecule has 1 amide bonds. The molecule has 5 nitrogen and oxygen atoms in total. The number of para-hydroxylation sites is 1. The number of carbonyl (C=O) groups excluding carboxylic acids is 2. The quantitative estimate of drug-likeness (QED) is 0.665. The van der Waals surface area contributed by atoms with Gasteiger partial charge in [-0.1, -0.05) is 31.2 Å². The number of aryl methyl sites for hydroxylation is 1. The molecule has 2 heterocycles. The number of ether oxygens (including phenoxy) is 2. The van der Waals surface area contributed by atoms with Crippen molar-refractivity contribution in [2.24, 2.45) is 0 Å². The molecule has 2 aliphatic rings. The molecule has 1 saturated heterocycles. The number of Topliss-reactive ketones (excluding diaryl/α,β-unsaturated/α-hetero) is 1. The van der Waals surface area contributed by atoms with Crippen LogP contribution in [0.1, 0.15) is 54.9 Å². The van der Waals surface area contributed by atoms with E-state index in [4.69, 9.17) is 9.47 Å². The summed E-state index contributed by atoms with van der Waals surface area (Å²) in [6, 6.07) is 15.5. The van der Waals surface area contributed by atoms with Crippen LogP contribution in [0.25, 0.3) is 0 Å². The SMILES string of the molecule is CCc1ccc(OCCCC(=O)N2CCC3(CC2)CC(=O)c2ccccc2O3)cc1. The second-order valence-electron chi connectivity index (χ2n) is 8.21. The molecule has 0 aromatic heterocycles. The van der Waals surface area contributed by atoms with Gasteiger partial charge in [-0.25, -0.2) is 0 Å². The van der Waals surface area contributed by atoms with Gasteiger partial charge >= 0.3 is 0 Å². The highest BCUT2D eigenvalue weighted by atomic mass is 16.5.